The number of carbonyl (C=O) groups excluding carboxylic acids is 5. The third kappa shape index (κ3) is 24.1. The molecule has 2 unspecified atom stereocenters. The van der Waals surface area contributed by atoms with Crippen LogP contribution in [0.4, 0.5) is 0 Å². The molecule has 350 valence electrons. The van der Waals surface area contributed by atoms with E-state index in [2.05, 4.69) is 0 Å². The Bertz CT molecular complexity index is 1190. The first-order valence-electron chi connectivity index (χ1n) is 25.3. The number of aliphatic hydroxyl groups is 1. The molecule has 4 aliphatic carbocycles. The molecule has 0 bridgehead atoms. The highest BCUT2D eigenvalue weighted by atomic mass is 16.6. The standard InChI is InChI=1S/C50H84O11/c51-43(25-14-28-49(55)60-44(27-13-24-39-16-5-1-6-17-39)36-57-46(52)33-30-40-18-7-2-8-19-40)26-15-29-50(56)61-45(37-58-47(53)34-31-41-20-9-3-10-21-41)38-59-48(54)35-32-42-22-11-4-12-23-42/h39-45,51H,1-38H2. The van der Waals surface area contributed by atoms with Crippen LogP contribution in [0.1, 0.15) is 225 Å². The maximum Gasteiger partial charge on any atom is 0.306 e. The number of hydrogen-bond acceptors (Lipinski definition) is 11. The molecule has 0 radical (unpaired) electrons. The predicted octanol–water partition coefficient (Wildman–Crippen LogP) is 11.0. The Morgan fingerprint density at radius 2 is 0.705 bits per heavy atom. The van der Waals surface area contributed by atoms with E-state index in [1.807, 2.05) is 0 Å². The maximum atomic E-state index is 12.9. The van der Waals surface area contributed by atoms with E-state index in [1.54, 1.807) is 0 Å². The molecule has 2 atom stereocenters. The largest absolute Gasteiger partial charge is 0.462 e. The summed E-state index contributed by atoms with van der Waals surface area (Å²) in [6.45, 7) is -0.257. The number of esters is 5. The van der Waals surface area contributed by atoms with Gasteiger partial charge in [-0.05, 0) is 81.5 Å². The molecule has 4 rings (SSSR count). The van der Waals surface area contributed by atoms with Gasteiger partial charge in [0.1, 0.15) is 25.9 Å². The molecule has 4 aliphatic rings. The predicted molar refractivity (Wildman–Crippen MR) is 234 cm³/mol. The van der Waals surface area contributed by atoms with Crippen LogP contribution in [0.2, 0.25) is 0 Å². The molecular weight excluding hydrogens is 777 g/mol. The second kappa shape index (κ2) is 31.2. The molecule has 11 nitrogen and oxygen atoms in total. The molecule has 11 heteroatoms. The van der Waals surface area contributed by atoms with Crippen LogP contribution in [-0.4, -0.2) is 73.1 Å². The number of ether oxygens (including phenoxy) is 5. The van der Waals surface area contributed by atoms with Crippen molar-refractivity contribution in [2.75, 3.05) is 19.8 Å². The summed E-state index contributed by atoms with van der Waals surface area (Å²) in [5.74, 6) is 0.667. The lowest BCUT2D eigenvalue weighted by molar-refractivity contribution is -0.167. The molecule has 0 aromatic heterocycles. The van der Waals surface area contributed by atoms with Crippen LogP contribution in [0, 0.1) is 23.7 Å². The Labute approximate surface area is 368 Å². The molecule has 0 aliphatic heterocycles. The Morgan fingerprint density at radius 3 is 1.08 bits per heavy atom. The first-order chi connectivity index (χ1) is 29.7. The minimum absolute atomic E-state index is 0.0444. The van der Waals surface area contributed by atoms with Crippen LogP contribution in [0.3, 0.4) is 0 Å². The summed E-state index contributed by atoms with van der Waals surface area (Å²) in [5, 5.41) is 10.7. The summed E-state index contributed by atoms with van der Waals surface area (Å²) in [7, 11) is 0. The van der Waals surface area contributed by atoms with Crippen LogP contribution in [-0.2, 0) is 47.7 Å². The summed E-state index contributed by atoms with van der Waals surface area (Å²) >= 11 is 0. The zero-order valence-electron chi connectivity index (χ0n) is 37.9. The highest BCUT2D eigenvalue weighted by Crippen LogP contribution is 2.31. The van der Waals surface area contributed by atoms with Gasteiger partial charge in [-0.15, -0.1) is 0 Å². The summed E-state index contributed by atoms with van der Waals surface area (Å²) in [4.78, 5) is 63.6. The average molecular weight is 861 g/mol. The van der Waals surface area contributed by atoms with E-state index in [0.717, 1.165) is 63.7 Å². The van der Waals surface area contributed by atoms with Gasteiger partial charge in [-0.3, -0.25) is 24.0 Å². The Kier molecular flexibility index (Phi) is 26.1. The molecule has 4 saturated carbocycles. The van der Waals surface area contributed by atoms with Gasteiger partial charge in [0.2, 0.25) is 0 Å². The maximum absolute atomic E-state index is 12.9. The molecule has 0 aromatic rings. The van der Waals surface area contributed by atoms with Crippen LogP contribution in [0.25, 0.3) is 0 Å². The smallest absolute Gasteiger partial charge is 0.306 e. The van der Waals surface area contributed by atoms with Crippen LogP contribution >= 0.6 is 0 Å². The van der Waals surface area contributed by atoms with Crippen molar-refractivity contribution >= 4 is 29.8 Å². The third-order valence-corrected chi connectivity index (χ3v) is 14.0. The van der Waals surface area contributed by atoms with Crippen LogP contribution in [0.15, 0.2) is 0 Å². The van der Waals surface area contributed by atoms with Gasteiger partial charge in [-0.25, -0.2) is 0 Å². The minimum atomic E-state index is -0.901. The quantitative estimate of drug-likeness (QED) is 0.0565. The molecule has 0 aromatic carbocycles. The fraction of sp³-hybridized carbons (Fsp3) is 0.900. The number of carbonyl (C=O) groups is 5. The third-order valence-electron chi connectivity index (χ3n) is 14.0. The van der Waals surface area contributed by atoms with Gasteiger partial charge >= 0.3 is 29.8 Å². The van der Waals surface area contributed by atoms with Crippen molar-refractivity contribution in [2.45, 2.75) is 243 Å². The monoisotopic (exact) mass is 861 g/mol. The van der Waals surface area contributed by atoms with E-state index in [0.29, 0.717) is 69.1 Å². The van der Waals surface area contributed by atoms with E-state index in [1.165, 1.54) is 103 Å². The van der Waals surface area contributed by atoms with E-state index >= 15 is 0 Å². The molecule has 4 fully saturated rings. The molecule has 0 spiro atoms. The molecule has 61 heavy (non-hydrogen) atoms. The van der Waals surface area contributed by atoms with Crippen molar-refractivity contribution in [1.82, 2.24) is 0 Å². The second-order valence-electron chi connectivity index (χ2n) is 19.3. The zero-order chi connectivity index (χ0) is 43.3. The lowest BCUT2D eigenvalue weighted by Crippen LogP contribution is -2.31. The first-order valence-corrected chi connectivity index (χ1v) is 25.3. The Balaban J connectivity index is 1.13. The van der Waals surface area contributed by atoms with Crippen LogP contribution < -0.4 is 0 Å². The Hall–Kier alpha value is -2.69. The van der Waals surface area contributed by atoms with Gasteiger partial charge in [0.15, 0.2) is 6.10 Å². The number of hydrogen-bond donors (Lipinski definition) is 1. The topological polar surface area (TPSA) is 152 Å². The zero-order valence-corrected chi connectivity index (χ0v) is 37.9. The summed E-state index contributed by atoms with van der Waals surface area (Å²) < 4.78 is 28.1. The average Bonchev–Trinajstić information content (AvgIpc) is 3.28. The van der Waals surface area contributed by atoms with E-state index in [-0.39, 0.29) is 56.5 Å². The van der Waals surface area contributed by atoms with Gasteiger partial charge in [0, 0.05) is 32.1 Å². The Morgan fingerprint density at radius 1 is 0.377 bits per heavy atom. The van der Waals surface area contributed by atoms with Gasteiger partial charge in [0.05, 0.1) is 6.10 Å². The van der Waals surface area contributed by atoms with E-state index < -0.39 is 24.3 Å². The van der Waals surface area contributed by atoms with E-state index in [9.17, 15) is 29.1 Å². The lowest BCUT2D eigenvalue weighted by atomic mass is 9.85. The normalized spacial score (nSPS) is 19.5. The summed E-state index contributed by atoms with van der Waals surface area (Å²) in [6.07, 6.45) is 30.3. The summed E-state index contributed by atoms with van der Waals surface area (Å²) in [6, 6.07) is 0. The molecule has 0 amide bonds. The fourth-order valence-corrected chi connectivity index (χ4v) is 10.2. The fourth-order valence-electron chi connectivity index (χ4n) is 10.2. The number of rotatable bonds is 29. The first kappa shape index (κ1) is 50.9. The molecule has 0 saturated heterocycles. The molecular formula is C50H84O11. The van der Waals surface area contributed by atoms with Gasteiger partial charge in [-0.1, -0.05) is 135 Å². The van der Waals surface area contributed by atoms with Crippen molar-refractivity contribution in [3.05, 3.63) is 0 Å². The van der Waals surface area contributed by atoms with Crippen molar-refractivity contribution in [3.63, 3.8) is 0 Å². The van der Waals surface area contributed by atoms with Crippen LogP contribution in [0.5, 0.6) is 0 Å². The minimum Gasteiger partial charge on any atom is -0.462 e. The van der Waals surface area contributed by atoms with E-state index in [4.69, 9.17) is 23.7 Å². The highest BCUT2D eigenvalue weighted by Gasteiger charge is 2.24. The van der Waals surface area contributed by atoms with Gasteiger partial charge in [-0.2, -0.15) is 0 Å². The second-order valence-corrected chi connectivity index (χ2v) is 19.3. The van der Waals surface area contributed by atoms with Crippen molar-refractivity contribution in [3.8, 4) is 0 Å². The number of aliphatic hydroxyl groups excluding tert-OH is 1. The SMILES string of the molecule is O=C(CCC1CCCCC1)OCC(CCCC1CCCCC1)OC(=O)CCCC(O)CCCC(=O)OC(COC(=O)CCC1CCCCC1)COC(=O)CCC1CCCCC1. The summed E-state index contributed by atoms with van der Waals surface area (Å²) in [5.41, 5.74) is 0. The van der Waals surface area contributed by atoms with Crippen molar-refractivity contribution in [2.24, 2.45) is 23.7 Å². The van der Waals surface area contributed by atoms with Gasteiger partial charge in [0.25, 0.3) is 0 Å². The van der Waals surface area contributed by atoms with Crippen molar-refractivity contribution in [1.29, 1.82) is 0 Å². The molecule has 1 N–H and O–H groups in total. The van der Waals surface area contributed by atoms with Gasteiger partial charge < -0.3 is 28.8 Å². The van der Waals surface area contributed by atoms with Crippen molar-refractivity contribution < 1.29 is 52.8 Å². The highest BCUT2D eigenvalue weighted by molar-refractivity contribution is 5.71. The lowest BCUT2D eigenvalue weighted by Gasteiger charge is -2.23. The molecule has 0 heterocycles.